The van der Waals surface area contributed by atoms with E-state index in [1.54, 1.807) is 6.07 Å². The fourth-order valence-electron chi connectivity index (χ4n) is 6.67. The van der Waals surface area contributed by atoms with E-state index in [2.05, 4.69) is 11.1 Å². The van der Waals surface area contributed by atoms with Crippen molar-refractivity contribution in [2.24, 2.45) is 17.3 Å². The van der Waals surface area contributed by atoms with Gasteiger partial charge < -0.3 is 13.7 Å². The van der Waals surface area contributed by atoms with Gasteiger partial charge in [-0.25, -0.2) is 0 Å². The quantitative estimate of drug-likeness (QED) is 0.494. The van der Waals surface area contributed by atoms with Gasteiger partial charge in [-0.15, -0.1) is 0 Å². The minimum atomic E-state index is -5.66. The fraction of sp³-hybridized carbons (Fsp3) is 0.714. The van der Waals surface area contributed by atoms with Crippen LogP contribution in [0.1, 0.15) is 56.1 Å². The average molecular weight is 446 g/mol. The van der Waals surface area contributed by atoms with E-state index in [0.717, 1.165) is 43.2 Å². The maximum Gasteiger partial charge on any atom is 0.534 e. The maximum absolute atomic E-state index is 12.6. The highest BCUT2D eigenvalue weighted by molar-refractivity contribution is 7.88. The Morgan fingerprint density at radius 1 is 1.10 bits per heavy atom. The first-order valence-corrected chi connectivity index (χ1v) is 11.9. The van der Waals surface area contributed by atoms with Crippen LogP contribution in [0.25, 0.3) is 0 Å². The number of rotatable bonds is 2. The highest BCUT2D eigenvalue weighted by atomic mass is 32.2. The summed E-state index contributed by atoms with van der Waals surface area (Å²) in [4.78, 5) is 0. The summed E-state index contributed by atoms with van der Waals surface area (Å²) in [5.74, 6) is 0.513. The molecule has 1 heterocycles. The number of halogens is 3. The molecule has 0 unspecified atom stereocenters. The Hall–Kier alpha value is -1.32. The Kier molecular flexibility index (Phi) is 4.52. The van der Waals surface area contributed by atoms with E-state index in [0.29, 0.717) is 37.4 Å². The molecule has 4 atom stereocenters. The number of alkyl halides is 3. The second-order valence-corrected chi connectivity index (χ2v) is 10.7. The molecule has 1 saturated heterocycles. The number of hydrogen-bond donors (Lipinski definition) is 0. The van der Waals surface area contributed by atoms with Crippen molar-refractivity contribution >= 4 is 10.1 Å². The molecular formula is C21H25F3O5S. The van der Waals surface area contributed by atoms with Gasteiger partial charge in [0.1, 0.15) is 5.75 Å². The van der Waals surface area contributed by atoms with Crippen molar-refractivity contribution in [2.45, 2.75) is 62.7 Å². The van der Waals surface area contributed by atoms with Crippen LogP contribution in [0.4, 0.5) is 13.2 Å². The van der Waals surface area contributed by atoms with Gasteiger partial charge in [0.05, 0.1) is 13.2 Å². The van der Waals surface area contributed by atoms with Crippen LogP contribution >= 0.6 is 0 Å². The van der Waals surface area contributed by atoms with Crippen LogP contribution in [-0.4, -0.2) is 32.9 Å². The van der Waals surface area contributed by atoms with Crippen molar-refractivity contribution < 1.29 is 35.2 Å². The standard InChI is InChI=1S/C21H25F3O5S/c1-19-8-6-16-15-5-3-14(29-30(25,26)21(22,23)24)12-13(15)2-4-17(16)18(19)7-9-20(19)27-10-11-28-20/h3,5,12,16-18H,2,4,6-11H2,1H3/t16-,17-,18+,19+/m1/s1. The molecule has 0 aromatic heterocycles. The normalized spacial score (nSPS) is 35.0. The van der Waals surface area contributed by atoms with E-state index < -0.39 is 21.4 Å². The highest BCUT2D eigenvalue weighted by Crippen LogP contribution is 2.66. The van der Waals surface area contributed by atoms with E-state index >= 15 is 0 Å². The molecule has 1 aliphatic heterocycles. The Morgan fingerprint density at radius 2 is 1.83 bits per heavy atom. The van der Waals surface area contributed by atoms with Crippen LogP contribution in [0.5, 0.6) is 5.75 Å². The van der Waals surface area contributed by atoms with Gasteiger partial charge in [-0.05, 0) is 73.1 Å². The lowest BCUT2D eigenvalue weighted by Gasteiger charge is -2.52. The van der Waals surface area contributed by atoms with Gasteiger partial charge in [0.2, 0.25) is 0 Å². The lowest BCUT2D eigenvalue weighted by Crippen LogP contribution is -2.51. The molecule has 3 fully saturated rings. The molecule has 1 aromatic carbocycles. The Morgan fingerprint density at radius 3 is 2.53 bits per heavy atom. The van der Waals surface area contributed by atoms with Crippen LogP contribution in [0.2, 0.25) is 0 Å². The van der Waals surface area contributed by atoms with E-state index in [1.165, 1.54) is 12.1 Å². The van der Waals surface area contributed by atoms with Gasteiger partial charge in [0.15, 0.2) is 5.79 Å². The van der Waals surface area contributed by atoms with Gasteiger partial charge in [-0.2, -0.15) is 21.6 Å². The van der Waals surface area contributed by atoms with E-state index in [4.69, 9.17) is 9.47 Å². The van der Waals surface area contributed by atoms with Crippen molar-refractivity contribution in [3.63, 3.8) is 0 Å². The van der Waals surface area contributed by atoms with E-state index in [1.807, 2.05) is 0 Å². The van der Waals surface area contributed by atoms with Crippen molar-refractivity contribution in [1.82, 2.24) is 0 Å². The molecule has 0 N–H and O–H groups in total. The summed E-state index contributed by atoms with van der Waals surface area (Å²) < 4.78 is 77.1. The summed E-state index contributed by atoms with van der Waals surface area (Å²) in [5.41, 5.74) is -3.47. The third kappa shape index (κ3) is 2.84. The molecule has 166 valence electrons. The number of fused-ring (bicyclic) bond motifs is 6. The minimum absolute atomic E-state index is 0.0218. The maximum atomic E-state index is 12.6. The molecule has 9 heteroatoms. The summed E-state index contributed by atoms with van der Waals surface area (Å²) >= 11 is 0. The topological polar surface area (TPSA) is 61.8 Å². The molecule has 4 aliphatic rings. The Balaban J connectivity index is 1.41. The summed E-state index contributed by atoms with van der Waals surface area (Å²) in [6.07, 6.45) is 5.51. The number of hydrogen-bond acceptors (Lipinski definition) is 5. The van der Waals surface area contributed by atoms with Crippen LogP contribution in [0.3, 0.4) is 0 Å². The van der Waals surface area contributed by atoms with E-state index in [-0.39, 0.29) is 11.2 Å². The second kappa shape index (κ2) is 6.59. The predicted octanol–water partition coefficient (Wildman–Crippen LogP) is 4.51. The lowest BCUT2D eigenvalue weighted by molar-refractivity contribution is -0.237. The third-order valence-corrected chi connectivity index (χ3v) is 8.96. The van der Waals surface area contributed by atoms with Crippen LogP contribution in [0.15, 0.2) is 18.2 Å². The highest BCUT2D eigenvalue weighted by Gasteiger charge is 2.65. The molecule has 1 aromatic rings. The molecule has 0 bridgehead atoms. The largest absolute Gasteiger partial charge is 0.534 e. The van der Waals surface area contributed by atoms with Crippen LogP contribution in [0, 0.1) is 17.3 Å². The van der Waals surface area contributed by atoms with Crippen molar-refractivity contribution in [2.75, 3.05) is 13.2 Å². The van der Waals surface area contributed by atoms with Gasteiger partial charge in [-0.3, -0.25) is 0 Å². The lowest BCUT2D eigenvalue weighted by atomic mass is 9.55. The van der Waals surface area contributed by atoms with Gasteiger partial charge in [0, 0.05) is 11.8 Å². The van der Waals surface area contributed by atoms with Crippen molar-refractivity contribution in [1.29, 1.82) is 0 Å². The Bertz CT molecular complexity index is 954. The minimum Gasteiger partial charge on any atom is -0.376 e. The summed E-state index contributed by atoms with van der Waals surface area (Å²) in [7, 11) is -5.66. The summed E-state index contributed by atoms with van der Waals surface area (Å²) in [6, 6.07) is 4.56. The molecule has 0 radical (unpaired) electrons. The van der Waals surface area contributed by atoms with Crippen molar-refractivity contribution in [3.8, 4) is 5.75 Å². The van der Waals surface area contributed by atoms with Gasteiger partial charge in [0.25, 0.3) is 0 Å². The second-order valence-electron chi connectivity index (χ2n) is 9.20. The molecule has 0 amide bonds. The number of aryl methyl sites for hydroxylation is 1. The molecule has 3 aliphatic carbocycles. The van der Waals surface area contributed by atoms with Crippen LogP contribution < -0.4 is 4.18 Å². The SMILES string of the molecule is C[C@]12CC[C@@H]3c4ccc(OS(=O)(=O)C(F)(F)F)cc4CC[C@H]3[C@@H]1CCC21OCCO1. The zero-order valence-electron chi connectivity index (χ0n) is 16.7. The zero-order valence-corrected chi connectivity index (χ0v) is 17.5. The summed E-state index contributed by atoms with van der Waals surface area (Å²) in [5, 5.41) is 0. The molecule has 1 spiro atoms. The average Bonchev–Trinajstić information content (AvgIpc) is 3.26. The monoisotopic (exact) mass is 446 g/mol. The van der Waals surface area contributed by atoms with Gasteiger partial charge >= 0.3 is 15.6 Å². The van der Waals surface area contributed by atoms with Crippen LogP contribution in [-0.2, 0) is 26.0 Å². The Labute approximate surface area is 174 Å². The van der Waals surface area contributed by atoms with Gasteiger partial charge in [-0.1, -0.05) is 13.0 Å². The third-order valence-electron chi connectivity index (χ3n) is 7.99. The molecule has 30 heavy (non-hydrogen) atoms. The first-order chi connectivity index (χ1) is 14.1. The smallest absolute Gasteiger partial charge is 0.376 e. The first-order valence-electron chi connectivity index (χ1n) is 10.5. The number of benzene rings is 1. The first kappa shape index (κ1) is 20.6. The molecule has 5 rings (SSSR count). The van der Waals surface area contributed by atoms with Crippen molar-refractivity contribution in [3.05, 3.63) is 29.3 Å². The summed E-state index contributed by atoms with van der Waals surface area (Å²) in [6.45, 7) is 3.58. The molecular weight excluding hydrogens is 421 g/mol. The fourth-order valence-corrected chi connectivity index (χ4v) is 7.12. The predicted molar refractivity (Wildman–Crippen MR) is 101 cm³/mol. The molecule has 5 nitrogen and oxygen atoms in total. The molecule has 2 saturated carbocycles. The number of ether oxygens (including phenoxy) is 2. The van der Waals surface area contributed by atoms with E-state index in [9.17, 15) is 21.6 Å². The zero-order chi connectivity index (χ0) is 21.4.